The Balaban J connectivity index is 2.07. The van der Waals surface area contributed by atoms with Crippen LogP contribution in [-0.2, 0) is 13.5 Å². The third-order valence-corrected chi connectivity index (χ3v) is 2.59. The van der Waals surface area contributed by atoms with E-state index in [9.17, 15) is 17.6 Å². The lowest BCUT2D eigenvalue weighted by Crippen LogP contribution is -2.10. The van der Waals surface area contributed by atoms with E-state index in [1.54, 1.807) is 24.1 Å². The monoisotopic (exact) mass is 273 g/mol. The summed E-state index contributed by atoms with van der Waals surface area (Å²) < 4.78 is 54.1. The van der Waals surface area contributed by atoms with Crippen LogP contribution in [0.25, 0.3) is 0 Å². The van der Waals surface area contributed by atoms with E-state index in [1.807, 2.05) is 0 Å². The zero-order valence-electron chi connectivity index (χ0n) is 10.1. The molecule has 1 aromatic carbocycles. The fourth-order valence-electron chi connectivity index (χ4n) is 1.66. The topological polar surface area (TPSA) is 29.9 Å². The zero-order valence-corrected chi connectivity index (χ0v) is 10.1. The number of benzene rings is 1. The Labute approximate surface area is 106 Å². The third-order valence-electron chi connectivity index (χ3n) is 2.59. The van der Waals surface area contributed by atoms with Gasteiger partial charge in [-0.15, -0.1) is 0 Å². The normalized spacial score (nSPS) is 10.8. The summed E-state index contributed by atoms with van der Waals surface area (Å²) in [7, 11) is 1.73. The lowest BCUT2D eigenvalue weighted by molar-refractivity contribution is 0.458. The van der Waals surface area contributed by atoms with Gasteiger partial charge < -0.3 is 5.32 Å². The second kappa shape index (κ2) is 5.29. The van der Waals surface area contributed by atoms with E-state index in [0.717, 1.165) is 5.56 Å². The lowest BCUT2D eigenvalue weighted by Gasteiger charge is -2.09. The summed E-state index contributed by atoms with van der Waals surface area (Å²) in [5.74, 6) is -5.71. The van der Waals surface area contributed by atoms with Gasteiger partial charge in [-0.25, -0.2) is 17.6 Å². The van der Waals surface area contributed by atoms with Gasteiger partial charge in [0.15, 0.2) is 23.3 Å². The number of nitrogens with one attached hydrogen (secondary N) is 1. The smallest absolute Gasteiger partial charge is 0.185 e. The summed E-state index contributed by atoms with van der Waals surface area (Å²) in [6.07, 6.45) is 3.76. The average molecular weight is 273 g/mol. The molecule has 2 rings (SSSR count). The highest BCUT2D eigenvalue weighted by Gasteiger charge is 2.18. The summed E-state index contributed by atoms with van der Waals surface area (Å²) in [6, 6.07) is 0.178. The number of halogens is 4. The first-order valence-electron chi connectivity index (χ1n) is 5.53. The van der Waals surface area contributed by atoms with Gasteiger partial charge in [-0.3, -0.25) is 4.68 Å². The number of hydrogen-bond acceptors (Lipinski definition) is 2. The summed E-state index contributed by atoms with van der Waals surface area (Å²) in [6.45, 7) is 0.127. The molecule has 0 saturated carbocycles. The van der Waals surface area contributed by atoms with Crippen molar-refractivity contribution in [2.45, 2.75) is 6.42 Å². The van der Waals surface area contributed by atoms with Crippen molar-refractivity contribution in [2.75, 3.05) is 11.9 Å². The molecule has 1 heterocycles. The minimum Gasteiger partial charge on any atom is -0.380 e. The second-order valence-corrected chi connectivity index (χ2v) is 4.04. The van der Waals surface area contributed by atoms with Gasteiger partial charge in [0.1, 0.15) is 5.69 Å². The van der Waals surface area contributed by atoms with Gasteiger partial charge in [-0.05, 0) is 12.0 Å². The van der Waals surface area contributed by atoms with Crippen LogP contribution in [0.4, 0.5) is 23.2 Å². The Morgan fingerprint density at radius 3 is 2.32 bits per heavy atom. The van der Waals surface area contributed by atoms with Crippen molar-refractivity contribution in [1.82, 2.24) is 9.78 Å². The molecule has 0 aliphatic rings. The first kappa shape index (κ1) is 13.4. The Hall–Kier alpha value is -2.05. The van der Waals surface area contributed by atoms with Crippen LogP contribution in [-0.4, -0.2) is 16.3 Å². The molecule has 0 saturated heterocycles. The Morgan fingerprint density at radius 1 is 1.16 bits per heavy atom. The molecular weight excluding hydrogens is 262 g/mol. The van der Waals surface area contributed by atoms with Crippen LogP contribution in [0.1, 0.15) is 5.56 Å². The van der Waals surface area contributed by atoms with Crippen molar-refractivity contribution in [3.8, 4) is 0 Å². The van der Waals surface area contributed by atoms with Crippen molar-refractivity contribution in [2.24, 2.45) is 7.05 Å². The summed E-state index contributed by atoms with van der Waals surface area (Å²) >= 11 is 0. The van der Waals surface area contributed by atoms with E-state index in [2.05, 4.69) is 10.4 Å². The van der Waals surface area contributed by atoms with E-state index < -0.39 is 29.0 Å². The fraction of sp³-hybridized carbons (Fsp3) is 0.250. The molecule has 0 amide bonds. The molecule has 0 radical (unpaired) electrons. The molecule has 102 valence electrons. The number of rotatable bonds is 4. The van der Waals surface area contributed by atoms with E-state index in [1.165, 1.54) is 0 Å². The van der Waals surface area contributed by atoms with Gasteiger partial charge in [0.25, 0.3) is 0 Å². The maximum Gasteiger partial charge on any atom is 0.185 e. The number of hydrogen-bond donors (Lipinski definition) is 1. The van der Waals surface area contributed by atoms with E-state index >= 15 is 0 Å². The van der Waals surface area contributed by atoms with E-state index in [0.29, 0.717) is 6.42 Å². The van der Waals surface area contributed by atoms with Crippen LogP contribution < -0.4 is 5.32 Å². The van der Waals surface area contributed by atoms with Crippen molar-refractivity contribution >= 4 is 5.69 Å². The molecule has 0 fully saturated rings. The lowest BCUT2D eigenvalue weighted by atomic mass is 10.2. The largest absolute Gasteiger partial charge is 0.380 e. The molecule has 0 aliphatic heterocycles. The predicted molar refractivity (Wildman–Crippen MR) is 61.7 cm³/mol. The van der Waals surface area contributed by atoms with Crippen molar-refractivity contribution in [3.63, 3.8) is 0 Å². The van der Waals surface area contributed by atoms with Crippen molar-refractivity contribution in [3.05, 3.63) is 47.3 Å². The van der Waals surface area contributed by atoms with Crippen LogP contribution in [0.2, 0.25) is 0 Å². The molecule has 19 heavy (non-hydrogen) atoms. The van der Waals surface area contributed by atoms with Crippen LogP contribution in [0.3, 0.4) is 0 Å². The highest BCUT2D eigenvalue weighted by atomic mass is 19.2. The van der Waals surface area contributed by atoms with Gasteiger partial charge >= 0.3 is 0 Å². The minimum atomic E-state index is -1.43. The van der Waals surface area contributed by atoms with Crippen LogP contribution in [0, 0.1) is 23.3 Å². The maximum absolute atomic E-state index is 13.3. The maximum atomic E-state index is 13.3. The molecule has 2 aromatic rings. The molecule has 0 spiro atoms. The zero-order chi connectivity index (χ0) is 14.0. The molecule has 3 nitrogen and oxygen atoms in total. The third kappa shape index (κ3) is 2.86. The van der Waals surface area contributed by atoms with Crippen molar-refractivity contribution < 1.29 is 17.6 Å². The summed E-state index contributed by atoms with van der Waals surface area (Å²) in [4.78, 5) is 0. The highest BCUT2D eigenvalue weighted by Crippen LogP contribution is 2.23. The first-order valence-corrected chi connectivity index (χ1v) is 5.53. The van der Waals surface area contributed by atoms with Gasteiger partial charge in [0.2, 0.25) is 0 Å². The molecular formula is C12H11F4N3. The van der Waals surface area contributed by atoms with Gasteiger partial charge in [-0.2, -0.15) is 5.10 Å². The molecule has 7 heteroatoms. The first-order chi connectivity index (χ1) is 8.99. The van der Waals surface area contributed by atoms with Crippen LogP contribution in [0.5, 0.6) is 0 Å². The number of aryl methyl sites for hydroxylation is 1. The highest BCUT2D eigenvalue weighted by molar-refractivity contribution is 5.47. The number of anilines is 1. The standard InChI is InChI=1S/C12H11F4N3/c1-19-6-7(5-18-19)2-3-17-12-10(15)8(13)4-9(14)11(12)16/h4-6,17H,2-3H2,1H3. The summed E-state index contributed by atoms with van der Waals surface area (Å²) in [5.41, 5.74) is 0.0501. The van der Waals surface area contributed by atoms with Crippen LogP contribution >= 0.6 is 0 Å². The number of aromatic nitrogens is 2. The molecule has 0 atom stereocenters. The minimum absolute atomic E-state index is 0.127. The molecule has 0 aliphatic carbocycles. The van der Waals surface area contributed by atoms with E-state index in [-0.39, 0.29) is 12.6 Å². The average Bonchev–Trinajstić information content (AvgIpc) is 2.77. The summed E-state index contributed by atoms with van der Waals surface area (Å²) in [5, 5.41) is 6.28. The van der Waals surface area contributed by atoms with E-state index in [4.69, 9.17) is 0 Å². The molecule has 0 unspecified atom stereocenters. The Kier molecular flexibility index (Phi) is 3.73. The SMILES string of the molecule is Cn1cc(CCNc2c(F)c(F)cc(F)c2F)cn1. The van der Waals surface area contributed by atoms with Crippen LogP contribution in [0.15, 0.2) is 18.5 Å². The Morgan fingerprint density at radius 2 is 1.79 bits per heavy atom. The van der Waals surface area contributed by atoms with Crippen molar-refractivity contribution in [1.29, 1.82) is 0 Å². The molecule has 0 bridgehead atoms. The second-order valence-electron chi connectivity index (χ2n) is 4.04. The predicted octanol–water partition coefficient (Wildman–Crippen LogP) is 2.63. The van der Waals surface area contributed by atoms with Gasteiger partial charge in [0, 0.05) is 25.9 Å². The molecule has 1 aromatic heterocycles. The van der Waals surface area contributed by atoms with Gasteiger partial charge in [-0.1, -0.05) is 0 Å². The quantitative estimate of drug-likeness (QED) is 0.685. The Bertz CT molecular complexity index is 569. The fourth-order valence-corrected chi connectivity index (χ4v) is 1.66. The number of nitrogens with zero attached hydrogens (tertiary/aromatic N) is 2. The molecule has 1 N–H and O–H groups in total. The van der Waals surface area contributed by atoms with Gasteiger partial charge in [0.05, 0.1) is 6.20 Å².